The molecule has 1 spiro atoms. The van der Waals surface area contributed by atoms with Crippen LogP contribution in [0.5, 0.6) is 0 Å². The van der Waals surface area contributed by atoms with E-state index in [9.17, 15) is 24.6 Å². The van der Waals surface area contributed by atoms with E-state index in [0.717, 1.165) is 0 Å². The second-order valence-electron chi connectivity index (χ2n) is 10.2. The van der Waals surface area contributed by atoms with Crippen LogP contribution in [-0.4, -0.2) is 33.2 Å². The van der Waals surface area contributed by atoms with Gasteiger partial charge in [0.05, 0.1) is 16.4 Å². The normalized spacial score (nSPS) is 39.0. The molecule has 0 saturated heterocycles. The number of allylic oxidation sites excluding steroid dienone is 2. The van der Waals surface area contributed by atoms with Crippen LogP contribution in [0.1, 0.15) is 61.3 Å². The van der Waals surface area contributed by atoms with Crippen LogP contribution in [0.2, 0.25) is 0 Å². The van der Waals surface area contributed by atoms with E-state index in [2.05, 4.69) is 0 Å². The zero-order valence-corrected chi connectivity index (χ0v) is 16.8. The van der Waals surface area contributed by atoms with E-state index in [-0.39, 0.29) is 35.4 Å². The summed E-state index contributed by atoms with van der Waals surface area (Å²) in [5.41, 5.74) is -4.19. The van der Waals surface area contributed by atoms with Crippen LogP contribution < -0.4 is 0 Å². The van der Waals surface area contributed by atoms with Crippen LogP contribution in [0.4, 0.5) is 0 Å². The number of carbonyl (C=O) groups excluding carboxylic acids is 3. The second-order valence-corrected chi connectivity index (χ2v) is 10.2. The highest BCUT2D eigenvalue weighted by molar-refractivity contribution is 6.32. The summed E-state index contributed by atoms with van der Waals surface area (Å²) in [6.45, 7) is 12.4. The van der Waals surface area contributed by atoms with Gasteiger partial charge in [0.15, 0.2) is 17.3 Å². The van der Waals surface area contributed by atoms with Crippen molar-refractivity contribution in [3.8, 4) is 0 Å². The molecular formula is C21H30O5. The number of aliphatic hydroxyl groups excluding tert-OH is 1. The second kappa shape index (κ2) is 5.06. The average molecular weight is 362 g/mol. The Kier molecular flexibility index (Phi) is 3.75. The maximum absolute atomic E-state index is 13.4. The molecule has 2 fully saturated rings. The SMILES string of the molecule is CC(C)C(=O)C1=C(O)[C@]23C[C@@H](C(C)(C)O)C(C)(C)[C@@H]2C[C@](C)(C1=O)C3=O. The summed E-state index contributed by atoms with van der Waals surface area (Å²) in [5.74, 6) is -2.53. The lowest BCUT2D eigenvalue weighted by molar-refractivity contribution is -0.143. The third-order valence-electron chi connectivity index (χ3n) is 7.45. The van der Waals surface area contributed by atoms with Crippen molar-refractivity contribution in [2.75, 3.05) is 0 Å². The highest BCUT2D eigenvalue weighted by Crippen LogP contribution is 2.73. The Morgan fingerprint density at radius 1 is 1.15 bits per heavy atom. The van der Waals surface area contributed by atoms with Gasteiger partial charge in [-0.25, -0.2) is 0 Å². The molecule has 0 aromatic carbocycles. The molecule has 0 radical (unpaired) electrons. The first kappa shape index (κ1) is 19.3. The summed E-state index contributed by atoms with van der Waals surface area (Å²) in [6, 6.07) is 0. The topological polar surface area (TPSA) is 91.7 Å². The van der Waals surface area contributed by atoms with Crippen LogP contribution in [-0.2, 0) is 14.4 Å². The molecule has 2 N–H and O–H groups in total. The first-order valence-corrected chi connectivity index (χ1v) is 9.43. The van der Waals surface area contributed by atoms with Crippen LogP contribution in [0.15, 0.2) is 11.3 Å². The van der Waals surface area contributed by atoms with Gasteiger partial charge in [0.25, 0.3) is 0 Å². The van der Waals surface area contributed by atoms with Gasteiger partial charge in [-0.2, -0.15) is 0 Å². The molecule has 4 atom stereocenters. The van der Waals surface area contributed by atoms with E-state index in [0.29, 0.717) is 6.42 Å². The van der Waals surface area contributed by atoms with Gasteiger partial charge < -0.3 is 10.2 Å². The maximum atomic E-state index is 13.4. The lowest BCUT2D eigenvalue weighted by Crippen LogP contribution is -2.49. The van der Waals surface area contributed by atoms with Gasteiger partial charge in [-0.1, -0.05) is 27.7 Å². The summed E-state index contributed by atoms with van der Waals surface area (Å²) in [7, 11) is 0. The van der Waals surface area contributed by atoms with Gasteiger partial charge in [0.2, 0.25) is 0 Å². The molecule has 5 nitrogen and oxygen atoms in total. The molecule has 0 aromatic rings. The highest BCUT2D eigenvalue weighted by atomic mass is 16.3. The van der Waals surface area contributed by atoms with E-state index in [1.54, 1.807) is 34.6 Å². The van der Waals surface area contributed by atoms with Gasteiger partial charge in [-0.3, -0.25) is 14.4 Å². The summed E-state index contributed by atoms with van der Waals surface area (Å²) >= 11 is 0. The fourth-order valence-electron chi connectivity index (χ4n) is 6.14. The molecule has 3 aliphatic carbocycles. The molecular weight excluding hydrogens is 332 g/mol. The molecule has 26 heavy (non-hydrogen) atoms. The minimum absolute atomic E-state index is 0.184. The fraction of sp³-hybridized carbons (Fsp3) is 0.762. The molecule has 2 bridgehead atoms. The van der Waals surface area contributed by atoms with Crippen molar-refractivity contribution in [3.63, 3.8) is 0 Å². The Balaban J connectivity index is 2.30. The van der Waals surface area contributed by atoms with Crippen molar-refractivity contribution in [2.24, 2.45) is 34.0 Å². The summed E-state index contributed by atoms with van der Waals surface area (Å²) in [6.07, 6.45) is 0.569. The monoisotopic (exact) mass is 362 g/mol. The Morgan fingerprint density at radius 2 is 1.69 bits per heavy atom. The molecule has 5 heteroatoms. The standard InChI is InChI=1S/C21H30O5/c1-10(2)14(22)13-15(23)20(7)8-12-18(3,4)11(19(5,6)26)9-21(12,16(13)24)17(20)25/h10-12,24,26H,8-9H2,1-7H3/t11-,12+,20-,21+/m1/s1. The minimum Gasteiger partial charge on any atom is -0.510 e. The van der Waals surface area contributed by atoms with Gasteiger partial charge in [0, 0.05) is 5.92 Å². The lowest BCUT2D eigenvalue weighted by Gasteiger charge is -2.40. The van der Waals surface area contributed by atoms with Crippen LogP contribution >= 0.6 is 0 Å². The third-order valence-corrected chi connectivity index (χ3v) is 7.45. The van der Waals surface area contributed by atoms with Gasteiger partial charge in [-0.15, -0.1) is 0 Å². The summed E-state index contributed by atoms with van der Waals surface area (Å²) < 4.78 is 0. The first-order chi connectivity index (χ1) is 11.6. The molecule has 2 saturated carbocycles. The van der Waals surface area contributed by atoms with E-state index >= 15 is 0 Å². The minimum atomic E-state index is -1.27. The molecule has 0 unspecified atom stereocenters. The molecule has 0 heterocycles. The highest BCUT2D eigenvalue weighted by Gasteiger charge is 2.77. The molecule has 0 aliphatic heterocycles. The molecule has 3 aliphatic rings. The van der Waals surface area contributed by atoms with Crippen molar-refractivity contribution < 1.29 is 24.6 Å². The van der Waals surface area contributed by atoms with E-state index < -0.39 is 39.3 Å². The van der Waals surface area contributed by atoms with Crippen molar-refractivity contribution in [1.82, 2.24) is 0 Å². The van der Waals surface area contributed by atoms with Gasteiger partial charge in [-0.05, 0) is 50.9 Å². The lowest BCUT2D eigenvalue weighted by atomic mass is 9.64. The number of hydrogen-bond donors (Lipinski definition) is 2. The number of aliphatic hydroxyl groups is 2. The van der Waals surface area contributed by atoms with Crippen molar-refractivity contribution in [3.05, 3.63) is 11.3 Å². The van der Waals surface area contributed by atoms with Crippen LogP contribution in [0.3, 0.4) is 0 Å². The number of fused-ring (bicyclic) bond motifs is 1. The Labute approximate surface area is 154 Å². The maximum Gasteiger partial charge on any atom is 0.183 e. The fourth-order valence-corrected chi connectivity index (χ4v) is 6.14. The smallest absolute Gasteiger partial charge is 0.183 e. The van der Waals surface area contributed by atoms with E-state index in [1.165, 1.54) is 0 Å². The first-order valence-electron chi connectivity index (χ1n) is 9.43. The van der Waals surface area contributed by atoms with Crippen molar-refractivity contribution >= 4 is 17.3 Å². The zero-order chi connectivity index (χ0) is 20.0. The number of ketones is 3. The van der Waals surface area contributed by atoms with Crippen molar-refractivity contribution in [1.29, 1.82) is 0 Å². The van der Waals surface area contributed by atoms with Gasteiger partial charge in [0.1, 0.15) is 11.3 Å². The van der Waals surface area contributed by atoms with E-state index in [4.69, 9.17) is 0 Å². The predicted molar refractivity (Wildman–Crippen MR) is 96.3 cm³/mol. The van der Waals surface area contributed by atoms with E-state index in [1.807, 2.05) is 13.8 Å². The molecule has 0 amide bonds. The number of rotatable bonds is 3. The predicted octanol–water partition coefficient (Wildman–Crippen LogP) is 3.01. The molecule has 0 aromatic heterocycles. The van der Waals surface area contributed by atoms with Crippen LogP contribution in [0, 0.1) is 34.0 Å². The average Bonchev–Trinajstić information content (AvgIpc) is 2.85. The number of hydrogen-bond acceptors (Lipinski definition) is 5. The summed E-state index contributed by atoms with van der Waals surface area (Å²) in [4.78, 5) is 39.2. The Morgan fingerprint density at radius 3 is 2.15 bits per heavy atom. The third kappa shape index (κ3) is 1.98. The van der Waals surface area contributed by atoms with Crippen LogP contribution in [0.25, 0.3) is 0 Å². The Hall–Kier alpha value is -1.49. The number of Topliss-reactive ketones (excluding diaryl/α,β-unsaturated/α-hetero) is 3. The quantitative estimate of drug-likeness (QED) is 0.595. The Bertz CT molecular complexity index is 751. The largest absolute Gasteiger partial charge is 0.510 e. The molecule has 144 valence electrons. The number of carbonyl (C=O) groups is 3. The van der Waals surface area contributed by atoms with Gasteiger partial charge >= 0.3 is 0 Å². The summed E-state index contributed by atoms with van der Waals surface area (Å²) in [5, 5.41) is 21.9. The molecule has 3 rings (SSSR count). The zero-order valence-electron chi connectivity index (χ0n) is 16.8. The van der Waals surface area contributed by atoms with Crippen molar-refractivity contribution in [2.45, 2.75) is 66.9 Å².